The lowest BCUT2D eigenvalue weighted by atomic mass is 9.96. The Morgan fingerprint density at radius 2 is 1.43 bits per heavy atom. The summed E-state index contributed by atoms with van der Waals surface area (Å²) in [6.07, 6.45) is 1.58. The number of ether oxygens (including phenoxy) is 2. The van der Waals surface area contributed by atoms with Crippen LogP contribution in [0.2, 0.25) is 0 Å². The first-order valence-electron chi connectivity index (χ1n) is 12.9. The Hall–Kier alpha value is -3.41. The maximum absolute atomic E-state index is 14.0. The molecule has 0 saturated heterocycles. The van der Waals surface area contributed by atoms with E-state index in [9.17, 15) is 26.8 Å². The van der Waals surface area contributed by atoms with Gasteiger partial charge in [0.15, 0.2) is 31.2 Å². The van der Waals surface area contributed by atoms with Crippen molar-refractivity contribution in [3.8, 4) is 11.5 Å². The normalized spacial score (nSPS) is 13.3. The Labute approximate surface area is 235 Å². The molecular weight excluding hydrogens is 554 g/mol. The van der Waals surface area contributed by atoms with E-state index in [1.165, 1.54) is 44.6 Å². The van der Waals surface area contributed by atoms with Crippen LogP contribution in [-0.2, 0) is 30.9 Å². The van der Waals surface area contributed by atoms with Crippen molar-refractivity contribution in [1.29, 1.82) is 0 Å². The molecule has 3 aromatic rings. The first-order valence-corrected chi connectivity index (χ1v) is 16.1. The number of carbonyl (C=O) groups is 1. The fraction of sp³-hybridized carbons (Fsp3) is 0.345. The summed E-state index contributed by atoms with van der Waals surface area (Å²) in [6, 6.07) is 21.6. The molecule has 0 heterocycles. The molecule has 0 aromatic heterocycles. The van der Waals surface area contributed by atoms with Crippen LogP contribution in [-0.4, -0.2) is 53.2 Å². The van der Waals surface area contributed by atoms with Crippen LogP contribution >= 0.6 is 0 Å². The molecule has 0 fully saturated rings. The van der Waals surface area contributed by atoms with Crippen LogP contribution in [0.3, 0.4) is 0 Å². The lowest BCUT2D eigenvalue weighted by molar-refractivity contribution is -0.133. The summed E-state index contributed by atoms with van der Waals surface area (Å²) in [6.45, 7) is 0. The van der Waals surface area contributed by atoms with Crippen molar-refractivity contribution in [2.24, 2.45) is 5.92 Å². The molecule has 0 aliphatic heterocycles. The molecule has 0 aliphatic carbocycles. The molecule has 2 atom stereocenters. The molecule has 0 bridgehead atoms. The van der Waals surface area contributed by atoms with Crippen molar-refractivity contribution in [2.75, 3.05) is 20.0 Å². The van der Waals surface area contributed by atoms with Crippen LogP contribution in [0.25, 0.3) is 0 Å². The second kappa shape index (κ2) is 14.3. The van der Waals surface area contributed by atoms with E-state index in [-0.39, 0.29) is 28.4 Å². The number of nitrogens with one attached hydrogen (secondary N) is 1. The highest BCUT2D eigenvalue weighted by Crippen LogP contribution is 2.34. The molecule has 11 heteroatoms. The Kier molecular flexibility index (Phi) is 11.1. The van der Waals surface area contributed by atoms with E-state index in [2.05, 4.69) is 0 Å². The van der Waals surface area contributed by atoms with Gasteiger partial charge in [-0.15, -0.1) is 0 Å². The Morgan fingerprint density at radius 3 is 2.02 bits per heavy atom. The van der Waals surface area contributed by atoms with Crippen molar-refractivity contribution in [1.82, 2.24) is 5.48 Å². The zero-order valence-corrected chi connectivity index (χ0v) is 24.2. The molecule has 0 aliphatic rings. The van der Waals surface area contributed by atoms with E-state index < -0.39 is 42.5 Å². The van der Waals surface area contributed by atoms with Crippen LogP contribution < -0.4 is 15.0 Å². The number of carbonyl (C=O) groups excluding carboxylic acids is 1. The summed E-state index contributed by atoms with van der Waals surface area (Å²) in [7, 11) is -5.20. The molecule has 9 nitrogen and oxygen atoms in total. The average Bonchev–Trinajstić information content (AvgIpc) is 2.98. The number of methoxy groups -OCH3 is 2. The van der Waals surface area contributed by atoms with Crippen molar-refractivity contribution in [2.45, 2.75) is 47.1 Å². The number of amides is 1. The summed E-state index contributed by atoms with van der Waals surface area (Å²) >= 11 is 0. The number of hydrogen-bond acceptors (Lipinski definition) is 8. The van der Waals surface area contributed by atoms with Gasteiger partial charge < -0.3 is 9.47 Å². The topological polar surface area (TPSA) is 136 Å². The summed E-state index contributed by atoms with van der Waals surface area (Å²) in [5, 5.41) is 8.22. The molecule has 1 amide bonds. The van der Waals surface area contributed by atoms with Gasteiger partial charge in [-0.05, 0) is 55.5 Å². The van der Waals surface area contributed by atoms with Gasteiger partial charge in [0, 0.05) is 6.07 Å². The van der Waals surface area contributed by atoms with Crippen LogP contribution in [0.15, 0.2) is 88.7 Å². The predicted molar refractivity (Wildman–Crippen MR) is 151 cm³/mol. The van der Waals surface area contributed by atoms with Gasteiger partial charge in [-0.2, -0.15) is 0 Å². The summed E-state index contributed by atoms with van der Waals surface area (Å²) in [5.41, 5.74) is 2.66. The second-order valence-corrected chi connectivity index (χ2v) is 13.6. The minimum atomic E-state index is -4.19. The van der Waals surface area contributed by atoms with Crippen LogP contribution in [0.5, 0.6) is 11.5 Å². The first kappa shape index (κ1) is 31.1. The molecule has 0 spiro atoms. The van der Waals surface area contributed by atoms with E-state index >= 15 is 0 Å². The highest BCUT2D eigenvalue weighted by atomic mass is 32.2. The first-order chi connectivity index (χ1) is 19.1. The van der Waals surface area contributed by atoms with E-state index in [4.69, 9.17) is 9.47 Å². The smallest absolute Gasteiger partial charge is 0.247 e. The molecule has 0 saturated carbocycles. The number of benzene rings is 3. The lowest BCUT2D eigenvalue weighted by Gasteiger charge is -2.26. The molecular formula is C29H35NO8S2. The van der Waals surface area contributed by atoms with Gasteiger partial charge in [0.1, 0.15) is 0 Å². The predicted octanol–water partition coefficient (Wildman–Crippen LogP) is 4.24. The second-order valence-electron chi connectivity index (χ2n) is 9.33. The number of rotatable bonds is 15. The Morgan fingerprint density at radius 1 is 0.800 bits per heavy atom. The van der Waals surface area contributed by atoms with Crippen LogP contribution in [0.4, 0.5) is 0 Å². The van der Waals surface area contributed by atoms with E-state index in [1.807, 2.05) is 30.3 Å². The lowest BCUT2D eigenvalue weighted by Crippen LogP contribution is -2.41. The van der Waals surface area contributed by atoms with E-state index in [0.717, 1.165) is 5.56 Å². The minimum Gasteiger partial charge on any atom is -0.493 e. The van der Waals surface area contributed by atoms with Gasteiger partial charge in [-0.3, -0.25) is 10.0 Å². The minimum absolute atomic E-state index is 0.0697. The van der Waals surface area contributed by atoms with Gasteiger partial charge in [-0.25, -0.2) is 22.3 Å². The standard InChI is InChI=1S/C29H35NO8S2/c1-37-26-18-17-24(21-27(26)38-2)40(35,36)28(16-10-9-13-22-11-5-3-6-12-22)25(29(31)30-32)19-20-39(33,34)23-14-7-4-8-15-23/h3-8,11-12,14-15,17-18,21,25,28,32H,9-10,13,16,19-20H2,1-2H3,(H,30,31). The van der Waals surface area contributed by atoms with Crippen LogP contribution in [0.1, 0.15) is 31.2 Å². The van der Waals surface area contributed by atoms with Gasteiger partial charge in [0.25, 0.3) is 0 Å². The molecule has 3 aromatic carbocycles. The number of sulfone groups is 2. The van der Waals surface area contributed by atoms with Crippen LogP contribution in [0, 0.1) is 5.92 Å². The van der Waals surface area contributed by atoms with Gasteiger partial charge >= 0.3 is 0 Å². The quantitative estimate of drug-likeness (QED) is 0.153. The third kappa shape index (κ3) is 7.83. The molecule has 40 heavy (non-hydrogen) atoms. The maximum atomic E-state index is 14.0. The summed E-state index contributed by atoms with van der Waals surface area (Å²) < 4.78 is 64.5. The zero-order chi connectivity index (χ0) is 29.2. The average molecular weight is 590 g/mol. The van der Waals surface area contributed by atoms with Crippen molar-refractivity contribution >= 4 is 25.6 Å². The number of aryl methyl sites for hydroxylation is 1. The van der Waals surface area contributed by atoms with Crippen molar-refractivity contribution < 1.29 is 36.3 Å². The van der Waals surface area contributed by atoms with E-state index in [1.54, 1.807) is 23.7 Å². The summed E-state index contributed by atoms with van der Waals surface area (Å²) in [5.74, 6) is -2.24. The van der Waals surface area contributed by atoms with E-state index in [0.29, 0.717) is 25.0 Å². The maximum Gasteiger partial charge on any atom is 0.247 e. The fourth-order valence-electron chi connectivity index (χ4n) is 4.66. The molecule has 0 radical (unpaired) electrons. The largest absolute Gasteiger partial charge is 0.493 e. The fourth-order valence-corrected chi connectivity index (χ4v) is 8.08. The monoisotopic (exact) mass is 589 g/mol. The highest BCUT2D eigenvalue weighted by Gasteiger charge is 2.39. The third-order valence-electron chi connectivity index (χ3n) is 6.82. The van der Waals surface area contributed by atoms with Gasteiger partial charge in [0.05, 0.1) is 40.9 Å². The Bertz CT molecular complexity index is 1460. The van der Waals surface area contributed by atoms with Gasteiger partial charge in [-0.1, -0.05) is 55.0 Å². The number of hydroxylamine groups is 1. The third-order valence-corrected chi connectivity index (χ3v) is 10.9. The summed E-state index contributed by atoms with van der Waals surface area (Å²) in [4.78, 5) is 12.9. The van der Waals surface area contributed by atoms with Gasteiger partial charge in [0.2, 0.25) is 5.91 Å². The number of unbranched alkanes of at least 4 members (excludes halogenated alkanes) is 1. The molecule has 216 valence electrons. The molecule has 2 unspecified atom stereocenters. The SMILES string of the molecule is COc1ccc(S(=O)(=O)C(CCCCc2ccccc2)C(CCS(=O)(=O)c2ccccc2)C(=O)NO)cc1OC. The molecule has 3 rings (SSSR count). The van der Waals surface area contributed by atoms with Crippen molar-refractivity contribution in [3.05, 3.63) is 84.4 Å². The van der Waals surface area contributed by atoms with Crippen molar-refractivity contribution in [3.63, 3.8) is 0 Å². The number of hydrogen-bond donors (Lipinski definition) is 2. The molecule has 2 N–H and O–H groups in total. The highest BCUT2D eigenvalue weighted by molar-refractivity contribution is 7.92. The zero-order valence-electron chi connectivity index (χ0n) is 22.5. The Balaban J connectivity index is 1.94.